The molecule has 1 aromatic rings. The number of hydrogen-bond acceptors (Lipinski definition) is 3. The van der Waals surface area contributed by atoms with Gasteiger partial charge < -0.3 is 15.7 Å². The summed E-state index contributed by atoms with van der Waals surface area (Å²) in [7, 11) is 1.80. The van der Waals surface area contributed by atoms with Crippen LogP contribution in [-0.2, 0) is 7.05 Å². The van der Waals surface area contributed by atoms with Gasteiger partial charge in [-0.25, -0.2) is 4.79 Å². The molecule has 3 N–H and O–H groups in total. The summed E-state index contributed by atoms with van der Waals surface area (Å²) in [5.41, 5.74) is 0.679. The number of aliphatic hydroxyl groups is 1. The van der Waals surface area contributed by atoms with Crippen LogP contribution in [0, 0.1) is 5.92 Å². The molecule has 2 atom stereocenters. The Morgan fingerprint density at radius 2 is 2.44 bits per heavy atom. The number of amides is 2. The number of carbonyl (C=O) groups is 1. The second kappa shape index (κ2) is 5.86. The summed E-state index contributed by atoms with van der Waals surface area (Å²) in [5, 5.41) is 19.1. The number of aromatic nitrogens is 2. The van der Waals surface area contributed by atoms with E-state index < -0.39 is 0 Å². The lowest BCUT2D eigenvalue weighted by Crippen LogP contribution is -2.35. The van der Waals surface area contributed by atoms with Crippen molar-refractivity contribution in [3.05, 3.63) is 12.4 Å². The van der Waals surface area contributed by atoms with Crippen molar-refractivity contribution in [2.24, 2.45) is 13.0 Å². The molecule has 100 valence electrons. The lowest BCUT2D eigenvalue weighted by molar-refractivity contribution is 0.101. The fourth-order valence-corrected chi connectivity index (χ4v) is 2.35. The Morgan fingerprint density at radius 3 is 3.11 bits per heavy atom. The van der Waals surface area contributed by atoms with Crippen LogP contribution < -0.4 is 10.6 Å². The van der Waals surface area contributed by atoms with Gasteiger partial charge in [-0.1, -0.05) is 6.42 Å². The maximum Gasteiger partial charge on any atom is 0.319 e. The van der Waals surface area contributed by atoms with Gasteiger partial charge in [0.15, 0.2) is 0 Å². The maximum absolute atomic E-state index is 11.6. The molecular weight excluding hydrogens is 232 g/mol. The first-order chi connectivity index (χ1) is 8.63. The first kappa shape index (κ1) is 12.9. The zero-order valence-electron chi connectivity index (χ0n) is 10.6. The van der Waals surface area contributed by atoms with Crippen LogP contribution in [0.15, 0.2) is 12.4 Å². The number of nitrogens with zero attached hydrogens (tertiary/aromatic N) is 2. The van der Waals surface area contributed by atoms with Crippen molar-refractivity contribution in [1.29, 1.82) is 0 Å². The third-order valence-electron chi connectivity index (χ3n) is 3.27. The molecule has 1 aliphatic carbocycles. The number of hydrogen-bond donors (Lipinski definition) is 3. The van der Waals surface area contributed by atoms with Crippen LogP contribution in [0.4, 0.5) is 10.5 Å². The van der Waals surface area contributed by atoms with E-state index in [1.807, 2.05) is 0 Å². The Labute approximate surface area is 106 Å². The smallest absolute Gasteiger partial charge is 0.319 e. The molecule has 0 radical (unpaired) electrons. The first-order valence-corrected chi connectivity index (χ1v) is 6.35. The number of aliphatic hydroxyl groups excluding tert-OH is 1. The van der Waals surface area contributed by atoms with Crippen LogP contribution in [0.25, 0.3) is 0 Å². The molecule has 1 aliphatic rings. The van der Waals surface area contributed by atoms with E-state index in [9.17, 15) is 9.90 Å². The maximum atomic E-state index is 11.6. The highest BCUT2D eigenvalue weighted by molar-refractivity contribution is 5.88. The number of anilines is 1. The highest BCUT2D eigenvalue weighted by atomic mass is 16.3. The standard InChI is InChI=1S/C12H20N4O2/c1-16-8-10(7-14-16)15-12(18)13-6-9-3-2-4-11(17)5-9/h7-9,11,17H,2-6H2,1H3,(H2,13,15,18). The molecule has 1 aromatic heterocycles. The van der Waals surface area contributed by atoms with Gasteiger partial charge in [0.05, 0.1) is 18.0 Å². The Morgan fingerprint density at radius 1 is 1.61 bits per heavy atom. The minimum absolute atomic E-state index is 0.202. The Hall–Kier alpha value is -1.56. The molecule has 0 aliphatic heterocycles. The molecule has 1 heterocycles. The van der Waals surface area contributed by atoms with Gasteiger partial charge in [-0.2, -0.15) is 5.10 Å². The fraction of sp³-hybridized carbons (Fsp3) is 0.667. The quantitative estimate of drug-likeness (QED) is 0.753. The van der Waals surface area contributed by atoms with E-state index in [0.717, 1.165) is 25.7 Å². The van der Waals surface area contributed by atoms with Gasteiger partial charge in [-0.05, 0) is 25.2 Å². The average molecular weight is 252 g/mol. The van der Waals surface area contributed by atoms with Crippen LogP contribution in [0.5, 0.6) is 0 Å². The average Bonchev–Trinajstić information content (AvgIpc) is 2.72. The van der Waals surface area contributed by atoms with Crippen molar-refractivity contribution in [1.82, 2.24) is 15.1 Å². The van der Waals surface area contributed by atoms with Crippen molar-refractivity contribution >= 4 is 11.7 Å². The van der Waals surface area contributed by atoms with Gasteiger partial charge in [0.1, 0.15) is 0 Å². The van der Waals surface area contributed by atoms with E-state index in [1.54, 1.807) is 24.1 Å². The molecule has 0 spiro atoms. The Kier molecular flexibility index (Phi) is 4.19. The molecule has 0 saturated heterocycles. The summed E-state index contributed by atoms with van der Waals surface area (Å²) in [6.07, 6.45) is 6.92. The highest BCUT2D eigenvalue weighted by Gasteiger charge is 2.20. The summed E-state index contributed by atoms with van der Waals surface area (Å²) < 4.78 is 1.63. The van der Waals surface area contributed by atoms with Gasteiger partial charge in [0, 0.05) is 19.8 Å². The zero-order valence-corrected chi connectivity index (χ0v) is 10.6. The van der Waals surface area contributed by atoms with Crippen LogP contribution in [-0.4, -0.2) is 33.6 Å². The van der Waals surface area contributed by atoms with Crippen molar-refractivity contribution in [3.8, 4) is 0 Å². The van der Waals surface area contributed by atoms with E-state index in [1.165, 1.54) is 0 Å². The number of rotatable bonds is 3. The summed E-state index contributed by atoms with van der Waals surface area (Å²) in [5.74, 6) is 0.383. The molecule has 2 unspecified atom stereocenters. The third kappa shape index (κ3) is 3.73. The van der Waals surface area contributed by atoms with Gasteiger partial charge in [-0.15, -0.1) is 0 Å². The number of carbonyl (C=O) groups excluding carboxylic acids is 1. The second-order valence-electron chi connectivity index (χ2n) is 4.92. The SMILES string of the molecule is Cn1cc(NC(=O)NCC2CCCC(O)C2)cn1. The topological polar surface area (TPSA) is 79.2 Å². The molecule has 0 aromatic carbocycles. The minimum Gasteiger partial charge on any atom is -0.393 e. The van der Waals surface area contributed by atoms with E-state index in [4.69, 9.17) is 0 Å². The van der Waals surface area contributed by atoms with Crippen LogP contribution in [0.3, 0.4) is 0 Å². The third-order valence-corrected chi connectivity index (χ3v) is 3.27. The summed E-state index contributed by atoms with van der Waals surface area (Å²) in [6, 6.07) is -0.219. The van der Waals surface area contributed by atoms with Crippen molar-refractivity contribution in [3.63, 3.8) is 0 Å². The van der Waals surface area contributed by atoms with E-state index >= 15 is 0 Å². The molecule has 2 amide bonds. The monoisotopic (exact) mass is 252 g/mol. The molecule has 2 rings (SSSR count). The first-order valence-electron chi connectivity index (χ1n) is 6.35. The Bertz CT molecular complexity index is 405. The molecule has 6 heteroatoms. The van der Waals surface area contributed by atoms with Crippen LogP contribution >= 0.6 is 0 Å². The minimum atomic E-state index is -0.219. The lowest BCUT2D eigenvalue weighted by Gasteiger charge is -2.25. The van der Waals surface area contributed by atoms with Gasteiger partial charge in [-0.3, -0.25) is 4.68 Å². The largest absolute Gasteiger partial charge is 0.393 e. The predicted molar refractivity (Wildman–Crippen MR) is 68.2 cm³/mol. The van der Waals surface area contributed by atoms with E-state index in [-0.39, 0.29) is 12.1 Å². The summed E-state index contributed by atoms with van der Waals surface area (Å²) >= 11 is 0. The zero-order chi connectivity index (χ0) is 13.0. The van der Waals surface area contributed by atoms with Crippen molar-refractivity contribution < 1.29 is 9.90 Å². The van der Waals surface area contributed by atoms with Gasteiger partial charge in [0.2, 0.25) is 0 Å². The molecule has 18 heavy (non-hydrogen) atoms. The molecule has 1 fully saturated rings. The van der Waals surface area contributed by atoms with Crippen molar-refractivity contribution in [2.75, 3.05) is 11.9 Å². The number of aryl methyl sites for hydroxylation is 1. The lowest BCUT2D eigenvalue weighted by atomic mass is 9.87. The molecule has 6 nitrogen and oxygen atoms in total. The summed E-state index contributed by atoms with van der Waals surface area (Å²) in [6.45, 7) is 0.614. The van der Waals surface area contributed by atoms with Gasteiger partial charge >= 0.3 is 6.03 Å². The number of urea groups is 1. The van der Waals surface area contributed by atoms with E-state index in [0.29, 0.717) is 18.2 Å². The Balaban J connectivity index is 1.71. The predicted octanol–water partition coefficient (Wildman–Crippen LogP) is 1.09. The highest BCUT2D eigenvalue weighted by Crippen LogP contribution is 2.23. The summed E-state index contributed by atoms with van der Waals surface area (Å²) in [4.78, 5) is 11.6. The van der Waals surface area contributed by atoms with Crippen LogP contribution in [0.2, 0.25) is 0 Å². The van der Waals surface area contributed by atoms with Crippen molar-refractivity contribution in [2.45, 2.75) is 31.8 Å². The second-order valence-corrected chi connectivity index (χ2v) is 4.92. The normalized spacial score (nSPS) is 23.7. The fourth-order valence-electron chi connectivity index (χ4n) is 2.35. The van der Waals surface area contributed by atoms with Gasteiger partial charge in [0.25, 0.3) is 0 Å². The molecule has 0 bridgehead atoms. The number of nitrogens with one attached hydrogen (secondary N) is 2. The molecular formula is C12H20N4O2. The van der Waals surface area contributed by atoms with E-state index in [2.05, 4.69) is 15.7 Å². The molecule has 1 saturated carbocycles. The van der Waals surface area contributed by atoms with Crippen LogP contribution in [0.1, 0.15) is 25.7 Å².